The standard InChI is InChI=1S/C21H19ClN4O3/c22-17-8-6-14(7-9-17)12-26-13-16(10-19(26)27)20-24-18(29-25-20)11-23-21(28)15-4-2-1-3-5-15/h1-9,16H,10-13H2,(H,23,28). The molecule has 2 aromatic carbocycles. The fraction of sp³-hybridized carbons (Fsp3) is 0.238. The van der Waals surface area contributed by atoms with Crippen LogP contribution in [0.1, 0.15) is 40.0 Å². The number of benzene rings is 2. The Bertz CT molecular complexity index is 1000. The van der Waals surface area contributed by atoms with E-state index in [1.165, 1.54) is 0 Å². The molecule has 0 radical (unpaired) electrons. The molecule has 29 heavy (non-hydrogen) atoms. The van der Waals surface area contributed by atoms with Crippen molar-refractivity contribution in [3.05, 3.63) is 82.5 Å². The zero-order chi connectivity index (χ0) is 20.2. The molecule has 1 N–H and O–H groups in total. The van der Waals surface area contributed by atoms with Gasteiger partial charge in [-0.2, -0.15) is 4.98 Å². The number of aromatic nitrogens is 2. The van der Waals surface area contributed by atoms with Crippen molar-refractivity contribution in [3.8, 4) is 0 Å². The first-order chi connectivity index (χ1) is 14.1. The van der Waals surface area contributed by atoms with Crippen molar-refractivity contribution in [2.45, 2.75) is 25.4 Å². The predicted molar refractivity (Wildman–Crippen MR) is 106 cm³/mol. The lowest BCUT2D eigenvalue weighted by Crippen LogP contribution is -2.24. The Morgan fingerprint density at radius 3 is 2.69 bits per heavy atom. The molecule has 1 aliphatic rings. The Morgan fingerprint density at radius 2 is 1.93 bits per heavy atom. The van der Waals surface area contributed by atoms with E-state index in [1.807, 2.05) is 30.3 Å². The third-order valence-corrected chi connectivity index (χ3v) is 5.04. The number of rotatable bonds is 6. The van der Waals surface area contributed by atoms with Crippen LogP contribution in [0, 0.1) is 0 Å². The molecular formula is C21H19ClN4O3. The van der Waals surface area contributed by atoms with Gasteiger partial charge in [-0.15, -0.1) is 0 Å². The molecule has 0 bridgehead atoms. The van der Waals surface area contributed by atoms with E-state index >= 15 is 0 Å². The van der Waals surface area contributed by atoms with Gasteiger partial charge in [-0.25, -0.2) is 0 Å². The predicted octanol–water partition coefficient (Wildman–Crippen LogP) is 3.17. The van der Waals surface area contributed by atoms with Crippen LogP contribution in [0.5, 0.6) is 0 Å². The van der Waals surface area contributed by atoms with Crippen LogP contribution in [-0.4, -0.2) is 33.4 Å². The highest BCUT2D eigenvalue weighted by atomic mass is 35.5. The molecule has 0 aliphatic carbocycles. The van der Waals surface area contributed by atoms with Crippen molar-refractivity contribution in [3.63, 3.8) is 0 Å². The van der Waals surface area contributed by atoms with E-state index in [0.29, 0.717) is 41.8 Å². The molecule has 7 nitrogen and oxygen atoms in total. The minimum Gasteiger partial charge on any atom is -0.343 e. The molecule has 0 saturated carbocycles. The number of hydrogen-bond acceptors (Lipinski definition) is 5. The number of carbonyl (C=O) groups is 2. The summed E-state index contributed by atoms with van der Waals surface area (Å²) in [5.41, 5.74) is 1.58. The van der Waals surface area contributed by atoms with Gasteiger partial charge in [-0.1, -0.05) is 47.1 Å². The van der Waals surface area contributed by atoms with Crippen LogP contribution in [0.2, 0.25) is 5.02 Å². The second-order valence-electron chi connectivity index (χ2n) is 6.90. The van der Waals surface area contributed by atoms with E-state index in [-0.39, 0.29) is 24.3 Å². The van der Waals surface area contributed by atoms with E-state index in [9.17, 15) is 9.59 Å². The summed E-state index contributed by atoms with van der Waals surface area (Å²) in [5, 5.41) is 7.42. The quantitative estimate of drug-likeness (QED) is 0.674. The summed E-state index contributed by atoms with van der Waals surface area (Å²) < 4.78 is 5.24. The Kier molecular flexibility index (Phi) is 5.57. The van der Waals surface area contributed by atoms with E-state index < -0.39 is 0 Å². The molecule has 2 amide bonds. The summed E-state index contributed by atoms with van der Waals surface area (Å²) in [6, 6.07) is 16.3. The number of hydrogen-bond donors (Lipinski definition) is 1. The molecule has 3 aromatic rings. The minimum absolute atomic E-state index is 0.0497. The highest BCUT2D eigenvalue weighted by Crippen LogP contribution is 2.27. The highest BCUT2D eigenvalue weighted by molar-refractivity contribution is 6.30. The Morgan fingerprint density at radius 1 is 1.17 bits per heavy atom. The van der Waals surface area contributed by atoms with Gasteiger partial charge in [0.25, 0.3) is 5.91 Å². The van der Waals surface area contributed by atoms with Gasteiger partial charge in [0.05, 0.1) is 6.54 Å². The summed E-state index contributed by atoms with van der Waals surface area (Å²) in [6.07, 6.45) is 0.336. The normalized spacial score (nSPS) is 16.2. The number of likely N-dealkylation sites (tertiary alicyclic amines) is 1. The van der Waals surface area contributed by atoms with Crippen molar-refractivity contribution in [1.82, 2.24) is 20.4 Å². The van der Waals surface area contributed by atoms with Gasteiger partial charge in [-0.05, 0) is 29.8 Å². The first kappa shape index (κ1) is 19.1. The second kappa shape index (κ2) is 8.45. The second-order valence-corrected chi connectivity index (χ2v) is 7.33. The van der Waals surface area contributed by atoms with Gasteiger partial charge < -0.3 is 14.7 Å². The van der Waals surface area contributed by atoms with Crippen LogP contribution in [0.25, 0.3) is 0 Å². The van der Waals surface area contributed by atoms with Gasteiger partial charge in [0.2, 0.25) is 11.8 Å². The monoisotopic (exact) mass is 410 g/mol. The molecule has 1 saturated heterocycles. The molecule has 4 rings (SSSR count). The first-order valence-electron chi connectivity index (χ1n) is 9.26. The van der Waals surface area contributed by atoms with Crippen molar-refractivity contribution >= 4 is 23.4 Å². The maximum Gasteiger partial charge on any atom is 0.251 e. The maximum absolute atomic E-state index is 12.4. The molecule has 1 aliphatic heterocycles. The van der Waals surface area contributed by atoms with Gasteiger partial charge in [-0.3, -0.25) is 9.59 Å². The first-order valence-corrected chi connectivity index (χ1v) is 9.64. The summed E-state index contributed by atoms with van der Waals surface area (Å²) >= 11 is 5.91. The van der Waals surface area contributed by atoms with E-state index in [2.05, 4.69) is 15.5 Å². The Labute approximate surface area is 172 Å². The van der Waals surface area contributed by atoms with Crippen molar-refractivity contribution < 1.29 is 14.1 Å². The average molecular weight is 411 g/mol. The zero-order valence-electron chi connectivity index (χ0n) is 15.5. The summed E-state index contributed by atoms with van der Waals surface area (Å²) in [5.74, 6) is 0.509. The number of halogens is 1. The number of carbonyl (C=O) groups excluding carboxylic acids is 2. The summed E-state index contributed by atoms with van der Waals surface area (Å²) in [6.45, 7) is 1.18. The van der Waals surface area contributed by atoms with Gasteiger partial charge >= 0.3 is 0 Å². The topological polar surface area (TPSA) is 88.3 Å². The van der Waals surface area contributed by atoms with Gasteiger partial charge in [0.15, 0.2) is 5.82 Å². The van der Waals surface area contributed by atoms with E-state index in [1.54, 1.807) is 29.2 Å². The Hall–Kier alpha value is -3.19. The third-order valence-electron chi connectivity index (χ3n) is 4.79. The lowest BCUT2D eigenvalue weighted by atomic mass is 10.1. The molecular weight excluding hydrogens is 392 g/mol. The van der Waals surface area contributed by atoms with Crippen LogP contribution in [0.4, 0.5) is 0 Å². The van der Waals surface area contributed by atoms with Crippen LogP contribution < -0.4 is 5.32 Å². The van der Waals surface area contributed by atoms with Crippen molar-refractivity contribution in [2.75, 3.05) is 6.54 Å². The Balaban J connectivity index is 1.34. The smallest absolute Gasteiger partial charge is 0.251 e. The maximum atomic E-state index is 12.4. The molecule has 1 fully saturated rings. The fourth-order valence-corrected chi connectivity index (χ4v) is 3.39. The lowest BCUT2D eigenvalue weighted by Gasteiger charge is -2.16. The van der Waals surface area contributed by atoms with Gasteiger partial charge in [0, 0.05) is 36.0 Å². The zero-order valence-corrected chi connectivity index (χ0v) is 16.3. The lowest BCUT2D eigenvalue weighted by molar-refractivity contribution is -0.128. The van der Waals surface area contributed by atoms with Gasteiger partial charge in [0.1, 0.15) is 0 Å². The fourth-order valence-electron chi connectivity index (χ4n) is 3.26. The molecule has 0 spiro atoms. The largest absolute Gasteiger partial charge is 0.343 e. The van der Waals surface area contributed by atoms with E-state index in [0.717, 1.165) is 5.56 Å². The molecule has 2 heterocycles. The van der Waals surface area contributed by atoms with Crippen molar-refractivity contribution in [1.29, 1.82) is 0 Å². The summed E-state index contributed by atoms with van der Waals surface area (Å²) in [4.78, 5) is 30.6. The van der Waals surface area contributed by atoms with Crippen LogP contribution in [-0.2, 0) is 17.9 Å². The van der Waals surface area contributed by atoms with Crippen LogP contribution >= 0.6 is 11.6 Å². The number of amides is 2. The molecule has 8 heteroatoms. The summed E-state index contributed by atoms with van der Waals surface area (Å²) in [7, 11) is 0. The minimum atomic E-state index is -0.212. The number of nitrogens with one attached hydrogen (secondary N) is 1. The number of nitrogens with zero attached hydrogens (tertiary/aromatic N) is 3. The molecule has 148 valence electrons. The average Bonchev–Trinajstić information content (AvgIpc) is 3.35. The van der Waals surface area contributed by atoms with E-state index in [4.69, 9.17) is 16.1 Å². The molecule has 1 unspecified atom stereocenters. The third kappa shape index (κ3) is 4.63. The van der Waals surface area contributed by atoms with Crippen LogP contribution in [0.3, 0.4) is 0 Å². The highest BCUT2D eigenvalue weighted by Gasteiger charge is 2.33. The molecule has 1 aromatic heterocycles. The molecule has 1 atom stereocenters. The van der Waals surface area contributed by atoms with Crippen molar-refractivity contribution in [2.24, 2.45) is 0 Å². The SMILES string of the molecule is O=C(NCc1nc(C2CC(=O)N(Cc3ccc(Cl)cc3)C2)no1)c1ccccc1. The van der Waals surface area contributed by atoms with Crippen LogP contribution in [0.15, 0.2) is 59.1 Å².